The number of sulfone groups is 1. The second-order valence-electron chi connectivity index (χ2n) is 17.9. The van der Waals surface area contributed by atoms with Gasteiger partial charge in [-0.2, -0.15) is 0 Å². The van der Waals surface area contributed by atoms with Crippen LogP contribution in [0.4, 0.5) is 4.79 Å². The number of likely N-dealkylation sites (tertiary alicyclic amines) is 1. The van der Waals surface area contributed by atoms with E-state index in [-0.39, 0.29) is 29.5 Å². The van der Waals surface area contributed by atoms with E-state index in [9.17, 15) is 32.4 Å². The molecule has 1 saturated heterocycles. The van der Waals surface area contributed by atoms with Gasteiger partial charge in [-0.3, -0.25) is 19.2 Å². The fourth-order valence-corrected chi connectivity index (χ4v) is 9.42. The highest BCUT2D eigenvalue weighted by Gasteiger charge is 2.70. The lowest BCUT2D eigenvalue weighted by atomic mass is 9.83. The van der Waals surface area contributed by atoms with E-state index in [4.69, 9.17) is 0 Å². The average molecular weight is 720 g/mol. The molecule has 1 aliphatic heterocycles. The smallest absolute Gasteiger partial charge is 0.315 e. The Kier molecular flexibility index (Phi) is 11.6. The molecule has 0 radical (unpaired) electrons. The van der Waals surface area contributed by atoms with Gasteiger partial charge in [0.15, 0.2) is 9.84 Å². The molecule has 4 fully saturated rings. The number of hydrogen-bond acceptors (Lipinski definition) is 7. The van der Waals surface area contributed by atoms with Crippen molar-refractivity contribution in [2.24, 2.45) is 28.6 Å². The highest BCUT2D eigenvalue weighted by atomic mass is 32.2. The normalized spacial score (nSPS) is 25.4. The van der Waals surface area contributed by atoms with Gasteiger partial charge in [0.25, 0.3) is 5.91 Å². The summed E-state index contributed by atoms with van der Waals surface area (Å²) in [6.45, 7) is 18.6. The number of ketones is 1. The van der Waals surface area contributed by atoms with Gasteiger partial charge in [-0.05, 0) is 75.0 Å². The molecular weight excluding hydrogens is 659 g/mol. The van der Waals surface area contributed by atoms with Crippen LogP contribution in [-0.4, -0.2) is 90.1 Å². The molecule has 3 aliphatic carbocycles. The first kappa shape index (κ1) is 39.8. The van der Waals surface area contributed by atoms with Crippen molar-refractivity contribution in [1.82, 2.24) is 26.2 Å². The molecule has 282 valence electrons. The molecule has 4 aliphatic rings. The Morgan fingerprint density at radius 3 is 2.12 bits per heavy atom. The molecule has 1 unspecified atom stereocenters. The number of Topliss-reactive ketones (excluding diaryl/α,β-unsaturated/α-hetero) is 1. The van der Waals surface area contributed by atoms with Crippen molar-refractivity contribution in [3.05, 3.63) is 12.7 Å². The molecule has 1 heterocycles. The van der Waals surface area contributed by atoms with Gasteiger partial charge in [0, 0.05) is 13.1 Å². The molecule has 3 saturated carbocycles. The van der Waals surface area contributed by atoms with E-state index in [2.05, 4.69) is 41.7 Å². The summed E-state index contributed by atoms with van der Waals surface area (Å²) >= 11 is 0. The predicted molar refractivity (Wildman–Crippen MR) is 193 cm³/mol. The Balaban J connectivity index is 1.55. The number of carbonyl (C=O) groups excluding carboxylic acids is 5. The molecule has 4 rings (SSSR count). The van der Waals surface area contributed by atoms with Crippen LogP contribution in [-0.2, 0) is 29.0 Å². The highest BCUT2D eigenvalue weighted by Crippen LogP contribution is 2.65. The summed E-state index contributed by atoms with van der Waals surface area (Å²) < 4.78 is 25.7. The first-order valence-electron chi connectivity index (χ1n) is 18.4. The number of fused-ring (bicyclic) bond motifs is 1. The molecule has 5 amide bonds. The summed E-state index contributed by atoms with van der Waals surface area (Å²) in [7, 11) is -3.56. The Bertz CT molecular complexity index is 1450. The van der Waals surface area contributed by atoms with Gasteiger partial charge in [0.2, 0.25) is 17.6 Å². The molecule has 0 aromatic rings. The van der Waals surface area contributed by atoms with Crippen LogP contribution in [0, 0.1) is 28.6 Å². The number of piperidine rings is 1. The summed E-state index contributed by atoms with van der Waals surface area (Å²) in [6, 6.07) is -3.56. The van der Waals surface area contributed by atoms with Crippen LogP contribution in [0.25, 0.3) is 0 Å². The van der Waals surface area contributed by atoms with Gasteiger partial charge in [0.05, 0.1) is 22.1 Å². The molecule has 4 N–H and O–H groups in total. The van der Waals surface area contributed by atoms with Crippen LogP contribution in [0.2, 0.25) is 0 Å². The lowest BCUT2D eigenvalue weighted by Gasteiger charge is -2.41. The second kappa shape index (κ2) is 14.6. The van der Waals surface area contributed by atoms with E-state index in [0.29, 0.717) is 38.1 Å². The van der Waals surface area contributed by atoms with Crippen LogP contribution < -0.4 is 21.3 Å². The van der Waals surface area contributed by atoms with E-state index in [0.717, 1.165) is 32.1 Å². The number of hydrogen-bond donors (Lipinski definition) is 4. The SMILES string of the molecule is C=CCNC(=O)C(=O)[C@H](CCC1CC1)NC(=O)[C@@H]1[C@@H]2C(CN1C(=O)[C@@H](NC(=O)NC1(CS(=O)(=O)C(C)(C)C)CCCCC1)C(C)(C)C)C2(C)C. The fraction of sp³-hybridized carbons (Fsp3) is 0.811. The van der Waals surface area contributed by atoms with Crippen molar-refractivity contribution in [2.45, 2.75) is 142 Å². The number of rotatable bonds is 14. The minimum Gasteiger partial charge on any atom is -0.346 e. The third kappa shape index (κ3) is 8.91. The van der Waals surface area contributed by atoms with Crippen molar-refractivity contribution in [2.75, 3.05) is 18.8 Å². The van der Waals surface area contributed by atoms with Crippen molar-refractivity contribution >= 4 is 39.4 Å². The van der Waals surface area contributed by atoms with Crippen LogP contribution in [0.5, 0.6) is 0 Å². The lowest BCUT2D eigenvalue weighted by molar-refractivity contribution is -0.145. The topological polar surface area (TPSA) is 171 Å². The molecule has 0 aromatic carbocycles. The fourth-order valence-electron chi connectivity index (χ4n) is 7.90. The van der Waals surface area contributed by atoms with E-state index >= 15 is 0 Å². The monoisotopic (exact) mass is 719 g/mol. The summed E-state index contributed by atoms with van der Waals surface area (Å²) in [6.07, 6.45) is 8.18. The van der Waals surface area contributed by atoms with Crippen molar-refractivity contribution in [1.29, 1.82) is 0 Å². The zero-order valence-electron chi connectivity index (χ0n) is 31.4. The van der Waals surface area contributed by atoms with Crippen LogP contribution in [0.15, 0.2) is 12.7 Å². The number of nitrogens with zero attached hydrogens (tertiary/aromatic N) is 1. The second-order valence-corrected chi connectivity index (χ2v) is 20.7. The Morgan fingerprint density at radius 2 is 1.58 bits per heavy atom. The van der Waals surface area contributed by atoms with Gasteiger partial charge in [-0.1, -0.05) is 72.8 Å². The highest BCUT2D eigenvalue weighted by molar-refractivity contribution is 7.92. The summed E-state index contributed by atoms with van der Waals surface area (Å²) in [5.41, 5.74) is -1.93. The Labute approximate surface area is 299 Å². The maximum absolute atomic E-state index is 14.5. The molecule has 12 nitrogen and oxygen atoms in total. The molecule has 5 atom stereocenters. The summed E-state index contributed by atoms with van der Waals surface area (Å²) in [5, 5.41) is 11.3. The maximum atomic E-state index is 14.5. The van der Waals surface area contributed by atoms with Gasteiger partial charge in [-0.15, -0.1) is 6.58 Å². The number of nitrogens with one attached hydrogen (secondary N) is 4. The number of urea groups is 1. The van der Waals surface area contributed by atoms with Gasteiger partial charge in [-0.25, -0.2) is 13.2 Å². The zero-order chi connectivity index (χ0) is 37.4. The van der Waals surface area contributed by atoms with Gasteiger partial charge in [0.1, 0.15) is 12.1 Å². The van der Waals surface area contributed by atoms with E-state index in [1.165, 1.54) is 11.0 Å². The van der Waals surface area contributed by atoms with Crippen LogP contribution in [0.1, 0.15) is 113 Å². The first-order valence-corrected chi connectivity index (χ1v) is 20.0. The third-order valence-corrected chi connectivity index (χ3v) is 14.4. The largest absolute Gasteiger partial charge is 0.346 e. The van der Waals surface area contributed by atoms with E-state index in [1.54, 1.807) is 20.8 Å². The predicted octanol–water partition coefficient (Wildman–Crippen LogP) is 3.65. The summed E-state index contributed by atoms with van der Waals surface area (Å²) in [5.74, 6) is -2.22. The first-order chi connectivity index (χ1) is 23.0. The zero-order valence-corrected chi connectivity index (χ0v) is 32.3. The average Bonchev–Trinajstić information content (AvgIpc) is 3.87. The molecule has 13 heteroatoms. The van der Waals surface area contributed by atoms with Crippen LogP contribution >= 0.6 is 0 Å². The molecule has 0 aromatic heterocycles. The van der Waals surface area contributed by atoms with Crippen molar-refractivity contribution in [3.8, 4) is 0 Å². The van der Waals surface area contributed by atoms with E-state index in [1.807, 2.05) is 20.8 Å². The molecule has 0 spiro atoms. The minimum absolute atomic E-state index is 0.0567. The van der Waals surface area contributed by atoms with Crippen molar-refractivity contribution < 1.29 is 32.4 Å². The van der Waals surface area contributed by atoms with Gasteiger partial charge >= 0.3 is 6.03 Å². The number of amides is 5. The Morgan fingerprint density at radius 1 is 0.960 bits per heavy atom. The quantitative estimate of drug-likeness (QED) is 0.157. The molecule has 50 heavy (non-hydrogen) atoms. The summed E-state index contributed by atoms with van der Waals surface area (Å²) in [4.78, 5) is 69.8. The van der Waals surface area contributed by atoms with E-state index < -0.39 is 73.2 Å². The minimum atomic E-state index is -3.56. The standard InChI is InChI=1S/C37H61N5O7S/c1-10-20-38-31(45)28(43)25(17-16-23-14-15-23)39-30(44)27-26-24(36(26,8)9)21-42(27)32(46)29(34(2,3)4)40-33(47)41-37(18-12-11-13-19-37)22-50(48,49)35(5,6)7/h10,23-27,29H,1,11-22H2,2-9H3,(H,38,45)(H,39,44)(H2,40,41,47)/t24?,25-,26-,27-,29+/m0/s1. The third-order valence-electron chi connectivity index (χ3n) is 11.6. The molecule has 0 bridgehead atoms. The van der Waals surface area contributed by atoms with Crippen molar-refractivity contribution in [3.63, 3.8) is 0 Å². The number of carbonyl (C=O) groups is 5. The van der Waals surface area contributed by atoms with Crippen LogP contribution in [0.3, 0.4) is 0 Å². The maximum Gasteiger partial charge on any atom is 0.315 e. The van der Waals surface area contributed by atoms with Gasteiger partial charge < -0.3 is 26.2 Å². The Hall–Kier alpha value is -2.96. The lowest BCUT2D eigenvalue weighted by Crippen LogP contribution is -2.64. The molecular formula is C37H61N5O7S.